The molecule has 0 spiro atoms. The molecule has 1 fully saturated rings. The molecule has 0 atom stereocenters. The highest BCUT2D eigenvalue weighted by Crippen LogP contribution is 2.23. The molecule has 3 N–H and O–H groups in total. The second-order valence-electron chi connectivity index (χ2n) is 5.20. The van der Waals surface area contributed by atoms with Gasteiger partial charge in [-0.15, -0.1) is 0 Å². The second-order valence-corrected chi connectivity index (χ2v) is 5.20. The van der Waals surface area contributed by atoms with Crippen molar-refractivity contribution in [3.05, 3.63) is 59.8 Å². The van der Waals surface area contributed by atoms with Crippen molar-refractivity contribution in [2.75, 3.05) is 5.32 Å². The van der Waals surface area contributed by atoms with Gasteiger partial charge in [0.1, 0.15) is 11.2 Å². The SMILES string of the molecule is O=C1NC(=O)/C(=C/c2cccc(Nc3nc4ccccc4o3)c2)N1. The molecular formula is C17H12N4O3. The Kier molecular flexibility index (Phi) is 3.24. The van der Waals surface area contributed by atoms with Crippen LogP contribution in [0.3, 0.4) is 0 Å². The fourth-order valence-electron chi connectivity index (χ4n) is 2.40. The Hall–Kier alpha value is -3.61. The second kappa shape index (κ2) is 5.54. The molecular weight excluding hydrogens is 308 g/mol. The molecule has 3 aromatic rings. The summed E-state index contributed by atoms with van der Waals surface area (Å²) in [7, 11) is 0. The van der Waals surface area contributed by atoms with Crippen LogP contribution in [-0.4, -0.2) is 16.9 Å². The molecule has 1 aliphatic rings. The van der Waals surface area contributed by atoms with Gasteiger partial charge in [0.05, 0.1) is 0 Å². The quantitative estimate of drug-likeness (QED) is 0.509. The van der Waals surface area contributed by atoms with Crippen LogP contribution in [-0.2, 0) is 4.79 Å². The number of hydrogen-bond donors (Lipinski definition) is 3. The van der Waals surface area contributed by atoms with Crippen LogP contribution in [0.15, 0.2) is 58.6 Å². The van der Waals surface area contributed by atoms with Crippen LogP contribution in [0.4, 0.5) is 16.5 Å². The Morgan fingerprint density at radius 3 is 2.71 bits per heavy atom. The summed E-state index contributed by atoms with van der Waals surface area (Å²) < 4.78 is 5.62. The van der Waals surface area contributed by atoms with Gasteiger partial charge in [-0.25, -0.2) is 4.79 Å². The van der Waals surface area contributed by atoms with Gasteiger partial charge in [-0.3, -0.25) is 10.1 Å². The summed E-state index contributed by atoms with van der Waals surface area (Å²) in [6.45, 7) is 0. The third-order valence-corrected chi connectivity index (χ3v) is 3.46. The number of rotatable bonds is 3. The summed E-state index contributed by atoms with van der Waals surface area (Å²) in [4.78, 5) is 27.0. The van der Waals surface area contributed by atoms with Gasteiger partial charge in [0.2, 0.25) is 0 Å². The molecule has 7 nitrogen and oxygen atoms in total. The summed E-state index contributed by atoms with van der Waals surface area (Å²) in [5.74, 6) is -0.447. The fourth-order valence-corrected chi connectivity index (χ4v) is 2.40. The Morgan fingerprint density at radius 1 is 1.04 bits per heavy atom. The average molecular weight is 320 g/mol. The molecule has 0 aliphatic carbocycles. The van der Waals surface area contributed by atoms with E-state index in [0.29, 0.717) is 11.6 Å². The topological polar surface area (TPSA) is 96.3 Å². The first-order valence-corrected chi connectivity index (χ1v) is 7.24. The largest absolute Gasteiger partial charge is 0.423 e. The van der Waals surface area contributed by atoms with Gasteiger partial charge in [-0.1, -0.05) is 24.3 Å². The zero-order valence-corrected chi connectivity index (χ0v) is 12.4. The zero-order valence-electron chi connectivity index (χ0n) is 12.4. The summed E-state index contributed by atoms with van der Waals surface area (Å²) in [5, 5.41) is 7.69. The number of hydrogen-bond acceptors (Lipinski definition) is 5. The number of oxazole rings is 1. The minimum absolute atomic E-state index is 0.207. The molecule has 2 aromatic carbocycles. The molecule has 0 radical (unpaired) electrons. The third kappa shape index (κ3) is 2.70. The van der Waals surface area contributed by atoms with E-state index in [1.54, 1.807) is 6.08 Å². The Balaban J connectivity index is 1.59. The zero-order chi connectivity index (χ0) is 16.5. The molecule has 0 bridgehead atoms. The van der Waals surface area contributed by atoms with E-state index in [4.69, 9.17) is 4.42 Å². The van der Waals surface area contributed by atoms with Gasteiger partial charge in [-0.2, -0.15) is 4.98 Å². The van der Waals surface area contributed by atoms with Gasteiger partial charge < -0.3 is 15.1 Å². The molecule has 7 heteroatoms. The lowest BCUT2D eigenvalue weighted by molar-refractivity contribution is -0.115. The maximum absolute atomic E-state index is 11.6. The number of nitrogens with one attached hydrogen (secondary N) is 3. The van der Waals surface area contributed by atoms with E-state index in [9.17, 15) is 9.59 Å². The van der Waals surface area contributed by atoms with Crippen LogP contribution in [0.2, 0.25) is 0 Å². The number of para-hydroxylation sites is 2. The van der Waals surface area contributed by atoms with Crippen molar-refractivity contribution in [1.82, 2.24) is 15.6 Å². The van der Waals surface area contributed by atoms with Crippen molar-refractivity contribution in [3.63, 3.8) is 0 Å². The van der Waals surface area contributed by atoms with E-state index < -0.39 is 11.9 Å². The van der Waals surface area contributed by atoms with Crippen LogP contribution in [0.5, 0.6) is 0 Å². The number of carbonyl (C=O) groups excluding carboxylic acids is 2. The standard InChI is InChI=1S/C17H12N4O3/c22-15-13(19-16(23)21-15)9-10-4-3-5-11(8-10)18-17-20-12-6-1-2-7-14(12)24-17/h1-9H,(H,18,20)(H2,19,21,22,23)/b13-9-. The fraction of sp³-hybridized carbons (Fsp3) is 0. The van der Waals surface area contributed by atoms with E-state index in [0.717, 1.165) is 16.8 Å². The van der Waals surface area contributed by atoms with Gasteiger partial charge in [0.25, 0.3) is 11.9 Å². The average Bonchev–Trinajstić information content (AvgIpc) is 3.10. The van der Waals surface area contributed by atoms with E-state index in [2.05, 4.69) is 20.9 Å². The summed E-state index contributed by atoms with van der Waals surface area (Å²) in [5.41, 5.74) is 3.18. The Morgan fingerprint density at radius 2 is 1.92 bits per heavy atom. The van der Waals surface area contributed by atoms with Crippen molar-refractivity contribution in [1.29, 1.82) is 0 Å². The minimum Gasteiger partial charge on any atom is -0.423 e. The number of aromatic nitrogens is 1. The van der Waals surface area contributed by atoms with E-state index in [-0.39, 0.29) is 5.70 Å². The van der Waals surface area contributed by atoms with Crippen LogP contribution in [0.1, 0.15) is 5.56 Å². The maximum atomic E-state index is 11.6. The van der Waals surface area contributed by atoms with Crippen LogP contribution in [0, 0.1) is 0 Å². The first-order chi connectivity index (χ1) is 11.7. The number of amides is 3. The monoisotopic (exact) mass is 320 g/mol. The molecule has 2 heterocycles. The van der Waals surface area contributed by atoms with Gasteiger partial charge >= 0.3 is 6.03 Å². The molecule has 0 saturated carbocycles. The smallest absolute Gasteiger partial charge is 0.326 e. The summed E-state index contributed by atoms with van der Waals surface area (Å²) in [6.07, 6.45) is 1.59. The third-order valence-electron chi connectivity index (χ3n) is 3.46. The van der Waals surface area contributed by atoms with Gasteiger partial charge in [-0.05, 0) is 35.9 Å². The van der Waals surface area contributed by atoms with Crippen molar-refractivity contribution in [3.8, 4) is 0 Å². The summed E-state index contributed by atoms with van der Waals surface area (Å²) in [6, 6.07) is 14.7. The molecule has 3 amide bonds. The van der Waals surface area contributed by atoms with Crippen molar-refractivity contribution >= 4 is 40.8 Å². The number of imide groups is 1. The molecule has 1 aliphatic heterocycles. The lowest BCUT2D eigenvalue weighted by Gasteiger charge is -2.03. The van der Waals surface area contributed by atoms with Gasteiger partial charge in [0, 0.05) is 5.69 Å². The number of urea groups is 1. The number of anilines is 2. The van der Waals surface area contributed by atoms with E-state index in [1.807, 2.05) is 48.5 Å². The van der Waals surface area contributed by atoms with E-state index in [1.165, 1.54) is 0 Å². The predicted molar refractivity (Wildman–Crippen MR) is 88.4 cm³/mol. The van der Waals surface area contributed by atoms with Crippen molar-refractivity contribution in [2.24, 2.45) is 0 Å². The molecule has 24 heavy (non-hydrogen) atoms. The lowest BCUT2D eigenvalue weighted by Crippen LogP contribution is -2.22. The van der Waals surface area contributed by atoms with E-state index >= 15 is 0 Å². The molecule has 1 saturated heterocycles. The van der Waals surface area contributed by atoms with Crippen molar-refractivity contribution < 1.29 is 14.0 Å². The highest BCUT2D eigenvalue weighted by Gasteiger charge is 2.22. The maximum Gasteiger partial charge on any atom is 0.326 e. The highest BCUT2D eigenvalue weighted by atomic mass is 16.4. The molecule has 0 unspecified atom stereocenters. The molecule has 118 valence electrons. The lowest BCUT2D eigenvalue weighted by atomic mass is 10.1. The summed E-state index contributed by atoms with van der Waals surface area (Å²) >= 11 is 0. The molecule has 4 rings (SSSR count). The molecule has 1 aromatic heterocycles. The normalized spacial score (nSPS) is 15.6. The first kappa shape index (κ1) is 14.0. The van der Waals surface area contributed by atoms with Crippen LogP contribution < -0.4 is 16.0 Å². The minimum atomic E-state index is -0.521. The number of benzene rings is 2. The number of carbonyl (C=O) groups is 2. The number of nitrogens with zero attached hydrogens (tertiary/aromatic N) is 1. The van der Waals surface area contributed by atoms with Crippen LogP contribution >= 0.6 is 0 Å². The number of fused-ring (bicyclic) bond motifs is 1. The van der Waals surface area contributed by atoms with Gasteiger partial charge in [0.15, 0.2) is 5.58 Å². The first-order valence-electron chi connectivity index (χ1n) is 7.24. The Labute approximate surface area is 136 Å². The van der Waals surface area contributed by atoms with Crippen LogP contribution in [0.25, 0.3) is 17.2 Å². The predicted octanol–water partition coefficient (Wildman–Crippen LogP) is 2.75. The Bertz CT molecular complexity index is 957. The highest BCUT2D eigenvalue weighted by molar-refractivity contribution is 6.14. The van der Waals surface area contributed by atoms with Crippen molar-refractivity contribution in [2.45, 2.75) is 0 Å².